The molecule has 2 heterocycles. The van der Waals surface area contributed by atoms with Gasteiger partial charge in [0.1, 0.15) is 17.5 Å². The molecule has 1 atom stereocenters. The third kappa shape index (κ3) is 3.15. The summed E-state index contributed by atoms with van der Waals surface area (Å²) in [5.41, 5.74) is 7.27. The van der Waals surface area contributed by atoms with Crippen LogP contribution in [0.2, 0.25) is 0 Å². The number of nitriles is 2. The van der Waals surface area contributed by atoms with Crippen LogP contribution in [-0.4, -0.2) is 15.2 Å². The number of hydrogen-bond acceptors (Lipinski definition) is 5. The van der Waals surface area contributed by atoms with Crippen LogP contribution in [0.3, 0.4) is 0 Å². The summed E-state index contributed by atoms with van der Waals surface area (Å²) in [4.78, 5) is 4.16. The maximum Gasteiger partial charge on any atom is 0.140 e. The summed E-state index contributed by atoms with van der Waals surface area (Å²) < 4.78 is 0. The van der Waals surface area contributed by atoms with Gasteiger partial charge in [-0.15, -0.1) is 0 Å². The summed E-state index contributed by atoms with van der Waals surface area (Å²) in [5, 5.41) is 30.3. The molecule has 0 saturated carbocycles. The number of fused-ring (bicyclic) bond motifs is 2. The Balaban J connectivity index is 1.48. The fourth-order valence-corrected chi connectivity index (χ4v) is 4.16. The molecule has 6 nitrogen and oxygen atoms in total. The largest absolute Gasteiger partial charge is 0.378 e. The van der Waals surface area contributed by atoms with Crippen LogP contribution >= 0.6 is 0 Å². The third-order valence-electron chi connectivity index (χ3n) is 5.64. The molecule has 0 bridgehead atoms. The van der Waals surface area contributed by atoms with Crippen molar-refractivity contribution in [2.24, 2.45) is 0 Å². The van der Waals surface area contributed by atoms with E-state index in [9.17, 15) is 5.26 Å². The van der Waals surface area contributed by atoms with Gasteiger partial charge in [0.05, 0.1) is 23.2 Å². The van der Waals surface area contributed by atoms with Gasteiger partial charge < -0.3 is 5.32 Å². The van der Waals surface area contributed by atoms with E-state index in [0.717, 1.165) is 52.7 Å². The van der Waals surface area contributed by atoms with E-state index in [1.54, 1.807) is 12.3 Å². The van der Waals surface area contributed by atoms with E-state index in [1.165, 1.54) is 11.1 Å². The average molecular weight is 390 g/mol. The van der Waals surface area contributed by atoms with Crippen molar-refractivity contribution in [2.75, 3.05) is 5.32 Å². The van der Waals surface area contributed by atoms with Crippen molar-refractivity contribution in [3.8, 4) is 23.4 Å². The third-order valence-corrected chi connectivity index (χ3v) is 5.64. The topological polar surface area (TPSA) is 101 Å². The smallest absolute Gasteiger partial charge is 0.140 e. The summed E-state index contributed by atoms with van der Waals surface area (Å²) in [5.74, 6) is 0. The first-order valence-electron chi connectivity index (χ1n) is 9.89. The molecule has 0 amide bonds. The fraction of sp³-hybridized carbons (Fsp3) is 0.167. The summed E-state index contributed by atoms with van der Waals surface area (Å²) in [6.07, 6.45) is 4.84. The number of hydrogen-bond donors (Lipinski definition) is 2. The van der Waals surface area contributed by atoms with Gasteiger partial charge in [-0.3, -0.25) is 5.10 Å². The monoisotopic (exact) mass is 390 g/mol. The average Bonchev–Trinajstić information content (AvgIpc) is 3.22. The minimum Gasteiger partial charge on any atom is -0.378 e. The van der Waals surface area contributed by atoms with E-state index < -0.39 is 0 Å². The second-order valence-corrected chi connectivity index (χ2v) is 7.49. The summed E-state index contributed by atoms with van der Waals surface area (Å²) in [6, 6.07) is 20.2. The maximum atomic E-state index is 9.17. The highest BCUT2D eigenvalue weighted by atomic mass is 15.1. The molecule has 0 unspecified atom stereocenters. The molecule has 0 aliphatic heterocycles. The van der Waals surface area contributed by atoms with Gasteiger partial charge in [-0.1, -0.05) is 6.07 Å². The second kappa shape index (κ2) is 7.35. The molecule has 0 saturated heterocycles. The first-order chi connectivity index (χ1) is 14.7. The summed E-state index contributed by atoms with van der Waals surface area (Å²) in [7, 11) is 0. The van der Waals surface area contributed by atoms with Crippen LogP contribution in [0.15, 0.2) is 54.7 Å². The summed E-state index contributed by atoms with van der Waals surface area (Å²) >= 11 is 0. The molecule has 144 valence electrons. The lowest BCUT2D eigenvalue weighted by atomic mass is 9.86. The van der Waals surface area contributed by atoms with Gasteiger partial charge in [-0.05, 0) is 72.9 Å². The van der Waals surface area contributed by atoms with Crippen LogP contribution in [0.4, 0.5) is 5.69 Å². The van der Waals surface area contributed by atoms with Crippen molar-refractivity contribution in [3.63, 3.8) is 0 Å². The van der Waals surface area contributed by atoms with Gasteiger partial charge in [0.25, 0.3) is 0 Å². The van der Waals surface area contributed by atoms with E-state index in [2.05, 4.69) is 44.8 Å². The molecule has 0 radical (unpaired) electrons. The number of aromatic amines is 1. The molecular formula is C24H18N6. The van der Waals surface area contributed by atoms with E-state index in [0.29, 0.717) is 5.69 Å². The van der Waals surface area contributed by atoms with Crippen molar-refractivity contribution in [1.82, 2.24) is 15.2 Å². The van der Waals surface area contributed by atoms with Crippen LogP contribution in [0.1, 0.15) is 41.3 Å². The van der Waals surface area contributed by atoms with Gasteiger partial charge in [0, 0.05) is 22.8 Å². The minimum absolute atomic E-state index is 0.214. The molecule has 1 aliphatic rings. The number of rotatable bonds is 3. The van der Waals surface area contributed by atoms with Crippen LogP contribution < -0.4 is 5.32 Å². The SMILES string of the molecule is N#Cc1ccc2c(c1)CCC[C@@H]2Nc1ccc2[nH]nc(-c3ccc(C#N)nc3)c2c1. The van der Waals surface area contributed by atoms with Crippen molar-refractivity contribution in [2.45, 2.75) is 25.3 Å². The Morgan fingerprint density at radius 2 is 1.97 bits per heavy atom. The van der Waals surface area contributed by atoms with Crippen molar-refractivity contribution < 1.29 is 0 Å². The Labute approximate surface area is 173 Å². The predicted molar refractivity (Wildman–Crippen MR) is 114 cm³/mol. The maximum absolute atomic E-state index is 9.17. The van der Waals surface area contributed by atoms with Crippen molar-refractivity contribution >= 4 is 16.6 Å². The van der Waals surface area contributed by atoms with Crippen LogP contribution in [0.25, 0.3) is 22.2 Å². The predicted octanol–water partition coefficient (Wildman–Crippen LogP) is 4.86. The first kappa shape index (κ1) is 17.9. The molecule has 4 aromatic rings. The van der Waals surface area contributed by atoms with Crippen LogP contribution in [0.5, 0.6) is 0 Å². The Hall–Kier alpha value is -4.16. The number of H-pyrrole nitrogens is 1. The summed E-state index contributed by atoms with van der Waals surface area (Å²) in [6.45, 7) is 0. The number of anilines is 1. The molecule has 0 spiro atoms. The van der Waals surface area contributed by atoms with Gasteiger partial charge in [-0.2, -0.15) is 15.6 Å². The van der Waals surface area contributed by atoms with Crippen molar-refractivity contribution in [1.29, 1.82) is 10.5 Å². The zero-order chi connectivity index (χ0) is 20.5. The van der Waals surface area contributed by atoms with E-state index in [4.69, 9.17) is 5.26 Å². The molecule has 2 aromatic heterocycles. The Morgan fingerprint density at radius 3 is 2.77 bits per heavy atom. The zero-order valence-corrected chi connectivity index (χ0v) is 16.2. The first-order valence-corrected chi connectivity index (χ1v) is 9.89. The van der Waals surface area contributed by atoms with Gasteiger partial charge >= 0.3 is 0 Å². The highest BCUT2D eigenvalue weighted by Gasteiger charge is 2.21. The molecule has 5 rings (SSSR count). The number of pyridine rings is 1. The highest BCUT2D eigenvalue weighted by molar-refractivity contribution is 5.94. The lowest BCUT2D eigenvalue weighted by Crippen LogP contribution is -2.17. The Morgan fingerprint density at radius 1 is 1.03 bits per heavy atom. The van der Waals surface area contributed by atoms with Crippen LogP contribution in [-0.2, 0) is 6.42 Å². The minimum atomic E-state index is 0.214. The Kier molecular flexibility index (Phi) is 4.38. The molecule has 0 fully saturated rings. The fourth-order valence-electron chi connectivity index (χ4n) is 4.16. The molecule has 1 aliphatic carbocycles. The second-order valence-electron chi connectivity index (χ2n) is 7.49. The van der Waals surface area contributed by atoms with Gasteiger partial charge in [0.15, 0.2) is 0 Å². The normalized spacial score (nSPS) is 15.2. The van der Waals surface area contributed by atoms with Crippen molar-refractivity contribution in [3.05, 3.63) is 77.1 Å². The molecule has 30 heavy (non-hydrogen) atoms. The standard InChI is InChI=1S/C24H18N6/c25-12-15-4-8-20-16(10-15)2-1-3-22(20)28-18-7-9-23-21(11-18)24(30-29-23)17-5-6-19(13-26)27-14-17/h4-11,14,22,28H,1-3H2,(H,29,30)/t22-/m0/s1. The number of nitrogens with one attached hydrogen (secondary N) is 2. The number of aromatic nitrogens is 3. The molecular weight excluding hydrogens is 372 g/mol. The van der Waals surface area contributed by atoms with Gasteiger partial charge in [0.2, 0.25) is 0 Å². The van der Waals surface area contributed by atoms with Gasteiger partial charge in [-0.25, -0.2) is 4.98 Å². The zero-order valence-electron chi connectivity index (χ0n) is 16.2. The van der Waals surface area contributed by atoms with Crippen LogP contribution in [0, 0.1) is 22.7 Å². The number of aryl methyl sites for hydroxylation is 1. The Bertz CT molecular complexity index is 1320. The number of nitrogens with zero attached hydrogens (tertiary/aromatic N) is 4. The molecule has 2 aromatic carbocycles. The van der Waals surface area contributed by atoms with E-state index in [-0.39, 0.29) is 6.04 Å². The lowest BCUT2D eigenvalue weighted by molar-refractivity contribution is 0.600. The molecule has 6 heteroatoms. The van der Waals surface area contributed by atoms with E-state index >= 15 is 0 Å². The highest BCUT2D eigenvalue weighted by Crippen LogP contribution is 2.35. The molecule has 2 N–H and O–H groups in total. The van der Waals surface area contributed by atoms with E-state index in [1.807, 2.05) is 30.3 Å². The quantitative estimate of drug-likeness (QED) is 0.520. The lowest BCUT2D eigenvalue weighted by Gasteiger charge is -2.27. The number of benzene rings is 2.